The molecule has 0 saturated carbocycles. The fourth-order valence-electron chi connectivity index (χ4n) is 2.58. The van der Waals surface area contributed by atoms with Crippen molar-refractivity contribution in [2.45, 2.75) is 59.2 Å². The van der Waals surface area contributed by atoms with E-state index in [-0.39, 0.29) is 36.0 Å². The molecule has 0 radical (unpaired) electrons. The largest absolute Gasteiger partial charge is 0.483 e. The van der Waals surface area contributed by atoms with Crippen molar-refractivity contribution in [2.75, 3.05) is 6.61 Å². The van der Waals surface area contributed by atoms with Gasteiger partial charge in [-0.05, 0) is 58.4 Å². The SMILES string of the molecule is CC(C)(C)NCc1c(OCC(=O)NC(C)(C)C)ccc2ccccc12.Cl. The number of nitrogens with one attached hydrogen (secondary N) is 2. The number of hydrogen-bond donors (Lipinski definition) is 2. The van der Waals surface area contributed by atoms with Gasteiger partial charge in [-0.15, -0.1) is 12.4 Å². The Kier molecular flexibility index (Phi) is 7.48. The van der Waals surface area contributed by atoms with Gasteiger partial charge in [-0.1, -0.05) is 30.3 Å². The van der Waals surface area contributed by atoms with Crippen LogP contribution in [-0.4, -0.2) is 23.6 Å². The Morgan fingerprint density at radius 1 is 0.962 bits per heavy atom. The molecule has 0 heterocycles. The zero-order chi connectivity index (χ0) is 18.7. The van der Waals surface area contributed by atoms with Crippen molar-refractivity contribution in [3.8, 4) is 5.75 Å². The molecule has 0 unspecified atom stereocenters. The zero-order valence-electron chi connectivity index (χ0n) is 16.6. The molecule has 0 aliphatic rings. The molecule has 0 saturated heterocycles. The standard InChI is InChI=1S/C21H30N2O2.ClH/c1-20(2,3)22-13-17-16-10-8-7-9-15(16)11-12-18(17)25-14-19(24)23-21(4,5)6;/h7-12,22H,13-14H2,1-6H3,(H,23,24);1H. The molecule has 144 valence electrons. The van der Waals surface area contributed by atoms with Crippen LogP contribution in [0, 0.1) is 0 Å². The van der Waals surface area contributed by atoms with E-state index in [0.717, 1.165) is 16.7 Å². The van der Waals surface area contributed by atoms with Crippen LogP contribution in [0.25, 0.3) is 10.8 Å². The molecule has 1 amide bonds. The van der Waals surface area contributed by atoms with Gasteiger partial charge in [0.25, 0.3) is 5.91 Å². The third-order valence-corrected chi connectivity index (χ3v) is 3.67. The molecule has 0 aliphatic heterocycles. The van der Waals surface area contributed by atoms with E-state index in [0.29, 0.717) is 6.54 Å². The Balaban J connectivity index is 0.00000338. The van der Waals surface area contributed by atoms with Crippen molar-refractivity contribution < 1.29 is 9.53 Å². The topological polar surface area (TPSA) is 50.4 Å². The summed E-state index contributed by atoms with van der Waals surface area (Å²) < 4.78 is 5.87. The highest BCUT2D eigenvalue weighted by Gasteiger charge is 2.17. The van der Waals surface area contributed by atoms with Gasteiger partial charge in [0, 0.05) is 23.2 Å². The highest BCUT2D eigenvalue weighted by atomic mass is 35.5. The molecular formula is C21H31ClN2O2. The fraction of sp³-hybridized carbons (Fsp3) is 0.476. The third kappa shape index (κ3) is 6.85. The maximum absolute atomic E-state index is 12.1. The van der Waals surface area contributed by atoms with Gasteiger partial charge in [0.1, 0.15) is 5.75 Å². The molecule has 0 aliphatic carbocycles. The minimum Gasteiger partial charge on any atom is -0.483 e. The Labute approximate surface area is 163 Å². The number of amides is 1. The lowest BCUT2D eigenvalue weighted by Gasteiger charge is -2.23. The summed E-state index contributed by atoms with van der Waals surface area (Å²) in [7, 11) is 0. The van der Waals surface area contributed by atoms with E-state index in [1.54, 1.807) is 0 Å². The van der Waals surface area contributed by atoms with Crippen LogP contribution >= 0.6 is 12.4 Å². The van der Waals surface area contributed by atoms with E-state index in [2.05, 4.69) is 43.5 Å². The molecule has 26 heavy (non-hydrogen) atoms. The number of rotatable bonds is 5. The van der Waals surface area contributed by atoms with Gasteiger partial charge in [-0.2, -0.15) is 0 Å². The summed E-state index contributed by atoms with van der Waals surface area (Å²) in [6.45, 7) is 13.0. The minimum atomic E-state index is -0.263. The molecule has 0 fully saturated rings. The highest BCUT2D eigenvalue weighted by Crippen LogP contribution is 2.28. The molecule has 2 aromatic carbocycles. The average Bonchev–Trinajstić information content (AvgIpc) is 2.48. The second-order valence-corrected chi connectivity index (χ2v) is 8.45. The van der Waals surface area contributed by atoms with Gasteiger partial charge in [0.2, 0.25) is 0 Å². The van der Waals surface area contributed by atoms with Crippen molar-refractivity contribution >= 4 is 29.1 Å². The van der Waals surface area contributed by atoms with E-state index in [1.807, 2.05) is 45.0 Å². The zero-order valence-corrected chi connectivity index (χ0v) is 17.4. The maximum atomic E-state index is 12.1. The lowest BCUT2D eigenvalue weighted by molar-refractivity contribution is -0.124. The first-order valence-electron chi connectivity index (χ1n) is 8.75. The number of hydrogen-bond acceptors (Lipinski definition) is 3. The summed E-state index contributed by atoms with van der Waals surface area (Å²) in [4.78, 5) is 12.1. The van der Waals surface area contributed by atoms with Crippen LogP contribution in [-0.2, 0) is 11.3 Å². The van der Waals surface area contributed by atoms with Crippen LogP contribution in [0.3, 0.4) is 0 Å². The molecule has 2 aromatic rings. The van der Waals surface area contributed by atoms with E-state index < -0.39 is 0 Å². The predicted molar refractivity (Wildman–Crippen MR) is 111 cm³/mol. The Morgan fingerprint density at radius 3 is 2.23 bits per heavy atom. The first-order valence-corrected chi connectivity index (χ1v) is 8.75. The summed E-state index contributed by atoms with van der Waals surface area (Å²) in [5.74, 6) is 0.634. The molecule has 2 rings (SSSR count). The van der Waals surface area contributed by atoms with Crippen molar-refractivity contribution in [3.05, 3.63) is 42.0 Å². The number of carbonyl (C=O) groups excluding carboxylic acids is 1. The van der Waals surface area contributed by atoms with Crippen LogP contribution < -0.4 is 15.4 Å². The fourth-order valence-corrected chi connectivity index (χ4v) is 2.58. The van der Waals surface area contributed by atoms with Gasteiger partial charge in [-0.3, -0.25) is 4.79 Å². The summed E-state index contributed by atoms with van der Waals surface area (Å²) in [5.41, 5.74) is 0.815. The molecule has 5 heteroatoms. The van der Waals surface area contributed by atoms with Crippen molar-refractivity contribution in [1.29, 1.82) is 0 Å². The quantitative estimate of drug-likeness (QED) is 0.808. The smallest absolute Gasteiger partial charge is 0.258 e. The lowest BCUT2D eigenvalue weighted by atomic mass is 10.0. The molecule has 0 bridgehead atoms. The Hall–Kier alpha value is -1.78. The van der Waals surface area contributed by atoms with E-state index in [1.165, 1.54) is 5.39 Å². The molecule has 0 spiro atoms. The predicted octanol–water partition coefficient (Wildman–Crippen LogP) is 4.44. The summed E-state index contributed by atoms with van der Waals surface area (Å²) >= 11 is 0. The summed E-state index contributed by atoms with van der Waals surface area (Å²) in [6.07, 6.45) is 0. The van der Waals surface area contributed by atoms with Crippen molar-refractivity contribution in [1.82, 2.24) is 10.6 Å². The Bertz CT molecular complexity index is 746. The van der Waals surface area contributed by atoms with Crippen LogP contribution in [0.4, 0.5) is 0 Å². The highest BCUT2D eigenvalue weighted by molar-refractivity contribution is 5.88. The molecular weight excluding hydrogens is 348 g/mol. The van der Waals surface area contributed by atoms with E-state index in [9.17, 15) is 4.79 Å². The first kappa shape index (κ1) is 22.3. The van der Waals surface area contributed by atoms with E-state index in [4.69, 9.17) is 4.74 Å². The number of halogens is 1. The number of benzene rings is 2. The monoisotopic (exact) mass is 378 g/mol. The second kappa shape index (κ2) is 8.74. The van der Waals surface area contributed by atoms with Gasteiger partial charge < -0.3 is 15.4 Å². The normalized spacial score (nSPS) is 11.8. The lowest BCUT2D eigenvalue weighted by Crippen LogP contribution is -2.43. The number of fused-ring (bicyclic) bond motifs is 1. The molecule has 4 nitrogen and oxygen atoms in total. The van der Waals surface area contributed by atoms with Gasteiger partial charge >= 0.3 is 0 Å². The Morgan fingerprint density at radius 2 is 1.62 bits per heavy atom. The molecule has 2 N–H and O–H groups in total. The minimum absolute atomic E-state index is 0. The van der Waals surface area contributed by atoms with Crippen molar-refractivity contribution in [3.63, 3.8) is 0 Å². The molecule has 0 aromatic heterocycles. The van der Waals surface area contributed by atoms with Crippen LogP contribution in [0.1, 0.15) is 47.1 Å². The van der Waals surface area contributed by atoms with Gasteiger partial charge in [0.05, 0.1) is 0 Å². The average molecular weight is 379 g/mol. The number of carbonyl (C=O) groups is 1. The first-order chi connectivity index (χ1) is 11.6. The summed E-state index contributed by atoms with van der Waals surface area (Å²) in [6, 6.07) is 12.2. The van der Waals surface area contributed by atoms with E-state index >= 15 is 0 Å². The molecule has 0 atom stereocenters. The van der Waals surface area contributed by atoms with Crippen LogP contribution in [0.5, 0.6) is 5.75 Å². The van der Waals surface area contributed by atoms with Crippen LogP contribution in [0.2, 0.25) is 0 Å². The number of ether oxygens (including phenoxy) is 1. The maximum Gasteiger partial charge on any atom is 0.258 e. The van der Waals surface area contributed by atoms with Crippen molar-refractivity contribution in [2.24, 2.45) is 0 Å². The van der Waals surface area contributed by atoms with Gasteiger partial charge in [0.15, 0.2) is 6.61 Å². The van der Waals surface area contributed by atoms with Gasteiger partial charge in [-0.25, -0.2) is 0 Å². The van der Waals surface area contributed by atoms with Crippen LogP contribution in [0.15, 0.2) is 36.4 Å². The third-order valence-electron chi connectivity index (χ3n) is 3.67. The summed E-state index contributed by atoms with van der Waals surface area (Å²) in [5, 5.41) is 8.75. The second-order valence-electron chi connectivity index (χ2n) is 8.45.